The molecule has 1 N–H and O–H groups in total. The van der Waals surface area contributed by atoms with E-state index in [-0.39, 0.29) is 17.1 Å². The minimum absolute atomic E-state index is 0.0170. The molecule has 1 amide bonds. The predicted octanol–water partition coefficient (Wildman–Crippen LogP) is 3.43. The highest BCUT2D eigenvalue weighted by atomic mass is 32.1. The topological polar surface area (TPSA) is 100 Å². The number of hydrogen-bond acceptors (Lipinski definition) is 8. The van der Waals surface area contributed by atoms with Gasteiger partial charge in [0, 0.05) is 4.88 Å². The summed E-state index contributed by atoms with van der Waals surface area (Å²) in [6, 6.07) is 3.51. The van der Waals surface area contributed by atoms with Gasteiger partial charge in [-0.25, -0.2) is 9.59 Å². The fourth-order valence-electron chi connectivity index (χ4n) is 3.18. The molecule has 8 nitrogen and oxygen atoms in total. The molecule has 3 rings (SSSR count). The highest BCUT2D eigenvalue weighted by molar-refractivity contribution is 7.17. The van der Waals surface area contributed by atoms with Crippen LogP contribution < -0.4 is 14.8 Å². The molecule has 1 aromatic heterocycles. The number of benzene rings is 1. The maximum atomic E-state index is 12.4. The van der Waals surface area contributed by atoms with Crippen molar-refractivity contribution in [2.45, 2.75) is 25.9 Å². The fraction of sp³-hybridized carbons (Fsp3) is 0.350. The molecule has 0 aliphatic heterocycles. The van der Waals surface area contributed by atoms with Crippen molar-refractivity contribution in [3.05, 3.63) is 39.8 Å². The van der Waals surface area contributed by atoms with Crippen molar-refractivity contribution < 1.29 is 42.1 Å². The van der Waals surface area contributed by atoms with E-state index < -0.39 is 31.1 Å². The number of nitrogens with one attached hydrogen (secondary N) is 1. The van der Waals surface area contributed by atoms with Gasteiger partial charge in [0.15, 0.2) is 18.1 Å². The number of hydrogen-bond donors (Lipinski definition) is 1. The second kappa shape index (κ2) is 9.73. The molecule has 1 aliphatic rings. The average Bonchev–Trinajstić information content (AvgIpc) is 3.32. The van der Waals surface area contributed by atoms with Crippen LogP contribution in [0.25, 0.3) is 0 Å². The number of rotatable bonds is 8. The Bertz CT molecular complexity index is 1010. The van der Waals surface area contributed by atoms with E-state index in [1.807, 2.05) is 0 Å². The van der Waals surface area contributed by atoms with Crippen LogP contribution in [0.3, 0.4) is 0 Å². The molecular weight excluding hydrogens is 436 g/mol. The fourth-order valence-corrected chi connectivity index (χ4v) is 4.47. The third kappa shape index (κ3) is 5.10. The summed E-state index contributed by atoms with van der Waals surface area (Å²) in [4.78, 5) is 37.6. The Morgan fingerprint density at radius 3 is 2.58 bits per heavy atom. The van der Waals surface area contributed by atoms with Gasteiger partial charge in [-0.1, -0.05) is 0 Å². The Morgan fingerprint density at radius 1 is 1.13 bits per heavy atom. The van der Waals surface area contributed by atoms with Crippen LogP contribution in [0.1, 0.15) is 37.6 Å². The van der Waals surface area contributed by atoms with Crippen molar-refractivity contribution in [1.29, 1.82) is 0 Å². The Balaban J connectivity index is 1.64. The third-order valence-electron chi connectivity index (χ3n) is 4.51. The summed E-state index contributed by atoms with van der Waals surface area (Å²) in [6.07, 6.45) is 2.48. The van der Waals surface area contributed by atoms with Crippen LogP contribution in [-0.2, 0) is 27.1 Å². The number of thiophene rings is 1. The van der Waals surface area contributed by atoms with Crippen molar-refractivity contribution in [1.82, 2.24) is 0 Å². The number of carbonyl (C=O) groups excluding carboxylic acids is 3. The molecule has 0 bridgehead atoms. The van der Waals surface area contributed by atoms with E-state index in [4.69, 9.17) is 14.2 Å². The molecule has 0 saturated carbocycles. The number of carbonyl (C=O) groups is 3. The largest absolute Gasteiger partial charge is 0.493 e. The Kier molecular flexibility index (Phi) is 7.06. The number of halogens is 2. The van der Waals surface area contributed by atoms with E-state index in [9.17, 15) is 23.2 Å². The standard InChI is InChI=1S/C20H19F2NO7S/c1-27-13-8-10(6-7-12(13)30-20(21)22)18(25)29-9-15(24)23-17-16(19(26)28-2)11-4-3-5-14(11)31-17/h6-8,20H,3-5,9H2,1-2H3,(H,23,24). The van der Waals surface area contributed by atoms with Crippen molar-refractivity contribution in [3.8, 4) is 11.5 Å². The van der Waals surface area contributed by atoms with Gasteiger partial charge < -0.3 is 24.3 Å². The summed E-state index contributed by atoms with van der Waals surface area (Å²) in [7, 11) is 2.49. The Morgan fingerprint density at radius 2 is 1.90 bits per heavy atom. The first-order chi connectivity index (χ1) is 14.8. The molecule has 1 heterocycles. The third-order valence-corrected chi connectivity index (χ3v) is 5.72. The van der Waals surface area contributed by atoms with E-state index in [2.05, 4.69) is 10.1 Å². The Labute approximate surface area is 180 Å². The number of ether oxygens (including phenoxy) is 4. The lowest BCUT2D eigenvalue weighted by atomic mass is 10.1. The lowest BCUT2D eigenvalue weighted by molar-refractivity contribution is -0.119. The van der Waals surface area contributed by atoms with Gasteiger partial charge in [-0.3, -0.25) is 4.79 Å². The van der Waals surface area contributed by atoms with Crippen molar-refractivity contribution >= 4 is 34.2 Å². The first-order valence-corrected chi connectivity index (χ1v) is 9.98. The molecule has 0 radical (unpaired) electrons. The van der Waals surface area contributed by atoms with Gasteiger partial charge in [-0.15, -0.1) is 11.3 Å². The van der Waals surface area contributed by atoms with Gasteiger partial charge in [0.2, 0.25) is 0 Å². The van der Waals surface area contributed by atoms with Crippen LogP contribution in [0, 0.1) is 0 Å². The minimum Gasteiger partial charge on any atom is -0.493 e. The second-order valence-electron chi connectivity index (χ2n) is 6.42. The molecule has 2 aromatic rings. The lowest BCUT2D eigenvalue weighted by Crippen LogP contribution is -2.21. The van der Waals surface area contributed by atoms with Gasteiger partial charge in [-0.05, 0) is 43.0 Å². The zero-order chi connectivity index (χ0) is 22.5. The summed E-state index contributed by atoms with van der Waals surface area (Å²) in [5.74, 6) is -2.37. The number of aryl methyl sites for hydroxylation is 1. The molecule has 0 atom stereocenters. The van der Waals surface area contributed by atoms with E-state index in [1.165, 1.54) is 31.6 Å². The van der Waals surface area contributed by atoms with Gasteiger partial charge in [0.05, 0.1) is 25.3 Å². The minimum atomic E-state index is -3.05. The monoisotopic (exact) mass is 455 g/mol. The van der Waals surface area contributed by atoms with Crippen molar-refractivity contribution in [2.24, 2.45) is 0 Å². The maximum Gasteiger partial charge on any atom is 0.387 e. The summed E-state index contributed by atoms with van der Waals surface area (Å²) in [6.45, 7) is -3.66. The molecule has 0 saturated heterocycles. The Hall–Kier alpha value is -3.21. The normalized spacial score (nSPS) is 12.3. The first kappa shape index (κ1) is 22.5. The van der Waals surface area contributed by atoms with E-state index in [0.29, 0.717) is 10.6 Å². The van der Waals surface area contributed by atoms with Crippen LogP contribution in [0.15, 0.2) is 18.2 Å². The second-order valence-corrected chi connectivity index (χ2v) is 7.53. The van der Waals surface area contributed by atoms with Crippen LogP contribution in [0.2, 0.25) is 0 Å². The van der Waals surface area contributed by atoms with Crippen LogP contribution in [0.4, 0.5) is 13.8 Å². The number of esters is 2. The number of anilines is 1. The molecule has 1 aliphatic carbocycles. The van der Waals surface area contributed by atoms with Crippen LogP contribution >= 0.6 is 11.3 Å². The number of amides is 1. The maximum absolute atomic E-state index is 12.4. The molecule has 1 aromatic carbocycles. The SMILES string of the molecule is COC(=O)c1c(NC(=O)COC(=O)c2ccc(OC(F)F)c(OC)c2)sc2c1CCC2. The zero-order valence-electron chi connectivity index (χ0n) is 16.7. The van der Waals surface area contributed by atoms with Crippen LogP contribution in [-0.4, -0.2) is 45.3 Å². The van der Waals surface area contributed by atoms with E-state index >= 15 is 0 Å². The van der Waals surface area contributed by atoms with E-state index in [1.54, 1.807) is 0 Å². The molecule has 0 fully saturated rings. The molecule has 11 heteroatoms. The number of alkyl halides is 2. The summed E-state index contributed by atoms with van der Waals surface area (Å²) in [5.41, 5.74) is 1.19. The van der Waals surface area contributed by atoms with Gasteiger partial charge in [-0.2, -0.15) is 8.78 Å². The molecule has 166 valence electrons. The van der Waals surface area contributed by atoms with E-state index in [0.717, 1.165) is 41.8 Å². The highest BCUT2D eigenvalue weighted by Crippen LogP contribution is 2.39. The molecule has 31 heavy (non-hydrogen) atoms. The average molecular weight is 455 g/mol. The highest BCUT2D eigenvalue weighted by Gasteiger charge is 2.28. The van der Waals surface area contributed by atoms with Gasteiger partial charge in [0.1, 0.15) is 5.00 Å². The van der Waals surface area contributed by atoms with Gasteiger partial charge >= 0.3 is 18.6 Å². The molecule has 0 unspecified atom stereocenters. The number of fused-ring (bicyclic) bond motifs is 1. The lowest BCUT2D eigenvalue weighted by Gasteiger charge is -2.11. The zero-order valence-corrected chi connectivity index (χ0v) is 17.5. The van der Waals surface area contributed by atoms with Gasteiger partial charge in [0.25, 0.3) is 5.91 Å². The number of methoxy groups -OCH3 is 2. The molecule has 0 spiro atoms. The summed E-state index contributed by atoms with van der Waals surface area (Å²) < 4.78 is 43.8. The van der Waals surface area contributed by atoms with Crippen molar-refractivity contribution in [2.75, 3.05) is 26.1 Å². The molecular formula is C20H19F2NO7S. The predicted molar refractivity (Wildman–Crippen MR) is 106 cm³/mol. The van der Waals surface area contributed by atoms with Crippen molar-refractivity contribution in [3.63, 3.8) is 0 Å². The smallest absolute Gasteiger partial charge is 0.387 e. The first-order valence-electron chi connectivity index (χ1n) is 9.16. The summed E-state index contributed by atoms with van der Waals surface area (Å²) >= 11 is 1.30. The van der Waals surface area contributed by atoms with Crippen LogP contribution in [0.5, 0.6) is 11.5 Å². The summed E-state index contributed by atoms with van der Waals surface area (Å²) in [5, 5.41) is 2.94. The quantitative estimate of drug-likeness (QED) is 0.609.